The third kappa shape index (κ3) is 37.5. The van der Waals surface area contributed by atoms with Gasteiger partial charge >= 0.3 is 35.5 Å². The molecule has 7 heteroatoms. The summed E-state index contributed by atoms with van der Waals surface area (Å²) in [6.07, 6.45) is 21.2. The molecule has 0 aliphatic rings. The standard InChI is InChI=1S/C18H34O2.C2H5O3S.Na/c1-2-3-4-5-6-7-8-9-10-11-12-13-14-15-16-17-18(19)20;1-2-6(3,4)5;/h9-10H,2-8,11-17H2,1H3,(H,19,20);2H,1H3,(H,3,4,5);/q;-1;+1/b10-9-;;. The Morgan fingerprint density at radius 2 is 1.22 bits per heavy atom. The summed E-state index contributed by atoms with van der Waals surface area (Å²) in [6, 6.07) is 0. The summed E-state index contributed by atoms with van der Waals surface area (Å²) < 4.78 is 26.7. The Labute approximate surface area is 189 Å². The molecule has 0 aliphatic carbocycles. The second-order valence-corrected chi connectivity index (χ2v) is 7.98. The molecular formula is C20H39NaO5S. The molecule has 0 radical (unpaired) electrons. The summed E-state index contributed by atoms with van der Waals surface area (Å²) >= 11 is 0. The minimum atomic E-state index is -3.79. The van der Waals surface area contributed by atoms with Crippen LogP contribution in [0.5, 0.6) is 0 Å². The van der Waals surface area contributed by atoms with Gasteiger partial charge in [-0.25, -0.2) is 8.42 Å². The SMILES string of the molecule is CCCCCCCC/C=C\CCCCCCCC(=O)O.C[CH-]S(=O)(=O)O.[Na+]. The van der Waals surface area contributed by atoms with Crippen LogP contribution in [-0.2, 0) is 14.9 Å². The first kappa shape index (κ1) is 31.8. The van der Waals surface area contributed by atoms with E-state index in [2.05, 4.69) is 19.1 Å². The fourth-order valence-electron chi connectivity index (χ4n) is 2.35. The summed E-state index contributed by atoms with van der Waals surface area (Å²) in [6.45, 7) is 3.50. The van der Waals surface area contributed by atoms with Crippen molar-refractivity contribution in [3.63, 3.8) is 0 Å². The Morgan fingerprint density at radius 1 is 0.852 bits per heavy atom. The summed E-state index contributed by atoms with van der Waals surface area (Å²) in [5.74, 6) is 0.0510. The zero-order valence-corrected chi connectivity index (χ0v) is 20.5. The Kier molecular flexibility index (Phi) is 28.5. The van der Waals surface area contributed by atoms with Gasteiger partial charge in [0.05, 0.1) is 0 Å². The smallest absolute Gasteiger partial charge is 0.481 e. The van der Waals surface area contributed by atoms with E-state index in [4.69, 9.17) is 9.66 Å². The average Bonchev–Trinajstić information content (AvgIpc) is 2.58. The van der Waals surface area contributed by atoms with Crippen LogP contribution in [0.4, 0.5) is 0 Å². The number of carboxylic acid groups (broad SMARTS) is 1. The minimum Gasteiger partial charge on any atom is -0.481 e. The summed E-state index contributed by atoms with van der Waals surface area (Å²) in [5.41, 5.74) is 0. The van der Waals surface area contributed by atoms with E-state index in [0.717, 1.165) is 12.8 Å². The molecule has 0 saturated heterocycles. The zero-order chi connectivity index (χ0) is 20.1. The van der Waals surface area contributed by atoms with Crippen molar-refractivity contribution in [1.82, 2.24) is 0 Å². The molecule has 0 rings (SSSR count). The van der Waals surface area contributed by atoms with Gasteiger partial charge in [-0.2, -0.15) is 12.7 Å². The topological polar surface area (TPSA) is 91.7 Å². The molecule has 2 N–H and O–H groups in total. The van der Waals surface area contributed by atoms with E-state index in [1.54, 1.807) is 0 Å². The van der Waals surface area contributed by atoms with E-state index in [1.165, 1.54) is 77.6 Å². The molecule has 5 nitrogen and oxygen atoms in total. The van der Waals surface area contributed by atoms with Crippen molar-refractivity contribution in [3.05, 3.63) is 17.9 Å². The van der Waals surface area contributed by atoms with Crippen LogP contribution in [0.15, 0.2) is 12.2 Å². The van der Waals surface area contributed by atoms with Crippen molar-refractivity contribution < 1.29 is 52.4 Å². The molecule has 0 heterocycles. The van der Waals surface area contributed by atoms with Gasteiger partial charge in [-0.3, -0.25) is 4.79 Å². The zero-order valence-electron chi connectivity index (χ0n) is 17.7. The average molecular weight is 415 g/mol. The van der Waals surface area contributed by atoms with Gasteiger partial charge in [-0.1, -0.05) is 70.4 Å². The van der Waals surface area contributed by atoms with Crippen LogP contribution >= 0.6 is 0 Å². The number of unbranched alkanes of at least 4 members (excludes halogenated alkanes) is 11. The van der Waals surface area contributed by atoms with Gasteiger partial charge in [-0.15, -0.1) is 0 Å². The van der Waals surface area contributed by atoms with Gasteiger partial charge in [0, 0.05) is 6.42 Å². The van der Waals surface area contributed by atoms with E-state index in [0.29, 0.717) is 12.2 Å². The molecule has 0 unspecified atom stereocenters. The second kappa shape index (κ2) is 24.2. The number of rotatable bonds is 16. The number of hydrogen-bond donors (Lipinski definition) is 2. The quantitative estimate of drug-likeness (QED) is 0.133. The number of carboxylic acids is 1. The van der Waals surface area contributed by atoms with Crippen molar-refractivity contribution in [2.75, 3.05) is 0 Å². The Hall–Kier alpha value is 0.120. The van der Waals surface area contributed by atoms with Crippen LogP contribution in [0.1, 0.15) is 104 Å². The van der Waals surface area contributed by atoms with Crippen molar-refractivity contribution in [3.8, 4) is 0 Å². The molecule has 0 amide bonds. The summed E-state index contributed by atoms with van der Waals surface area (Å²) in [4.78, 5) is 10.3. The van der Waals surface area contributed by atoms with Crippen LogP contribution in [0.25, 0.3) is 0 Å². The van der Waals surface area contributed by atoms with Gasteiger partial charge in [0.1, 0.15) is 10.1 Å². The molecule has 0 bridgehead atoms. The van der Waals surface area contributed by atoms with E-state index in [-0.39, 0.29) is 29.6 Å². The summed E-state index contributed by atoms with van der Waals surface area (Å²) in [7, 11) is -3.79. The molecule has 0 aromatic carbocycles. The van der Waals surface area contributed by atoms with E-state index in [1.807, 2.05) is 0 Å². The van der Waals surface area contributed by atoms with E-state index >= 15 is 0 Å². The molecule has 0 spiro atoms. The molecule has 27 heavy (non-hydrogen) atoms. The molecule has 0 aromatic heterocycles. The second-order valence-electron chi connectivity index (χ2n) is 6.48. The first-order valence-corrected chi connectivity index (χ1v) is 11.5. The van der Waals surface area contributed by atoms with Crippen molar-refractivity contribution >= 4 is 16.1 Å². The maximum Gasteiger partial charge on any atom is 1.00 e. The number of allylic oxidation sites excluding steroid dienone is 2. The Morgan fingerprint density at radius 3 is 1.59 bits per heavy atom. The van der Waals surface area contributed by atoms with Crippen LogP contribution in [0.2, 0.25) is 0 Å². The van der Waals surface area contributed by atoms with Crippen molar-refractivity contribution in [2.45, 2.75) is 104 Å². The normalized spacial score (nSPS) is 10.9. The molecule has 0 atom stereocenters. The van der Waals surface area contributed by atoms with Gasteiger partial charge in [0.25, 0.3) is 0 Å². The third-order valence-electron chi connectivity index (χ3n) is 3.95. The predicted molar refractivity (Wildman–Crippen MR) is 109 cm³/mol. The fraction of sp³-hybridized carbons (Fsp3) is 0.800. The van der Waals surface area contributed by atoms with Crippen molar-refractivity contribution in [1.29, 1.82) is 0 Å². The molecule has 0 fully saturated rings. The predicted octanol–water partition coefficient (Wildman–Crippen LogP) is 3.17. The number of aliphatic carboxylic acids is 1. The van der Waals surface area contributed by atoms with E-state index in [9.17, 15) is 13.2 Å². The maximum absolute atomic E-state index is 10.3. The first-order valence-electron chi connectivity index (χ1n) is 9.97. The molecule has 0 saturated carbocycles. The summed E-state index contributed by atoms with van der Waals surface area (Å²) in [5, 5.41) is 8.51. The number of hydrogen-bond acceptors (Lipinski definition) is 3. The van der Waals surface area contributed by atoms with Crippen LogP contribution in [0, 0.1) is 5.75 Å². The van der Waals surface area contributed by atoms with Gasteiger partial charge in [0.15, 0.2) is 0 Å². The molecular weight excluding hydrogens is 375 g/mol. The van der Waals surface area contributed by atoms with Gasteiger partial charge in [0.2, 0.25) is 0 Å². The molecule has 156 valence electrons. The Balaban J connectivity index is -0.000000709. The van der Waals surface area contributed by atoms with Crippen molar-refractivity contribution in [2.24, 2.45) is 0 Å². The third-order valence-corrected chi connectivity index (χ3v) is 4.55. The Bertz CT molecular complexity index is 436. The number of carbonyl (C=O) groups is 1. The van der Waals surface area contributed by atoms with E-state index < -0.39 is 16.1 Å². The molecule has 0 aliphatic heterocycles. The largest absolute Gasteiger partial charge is 1.00 e. The maximum atomic E-state index is 10.3. The minimum absolute atomic E-state index is 0. The van der Waals surface area contributed by atoms with Crippen LogP contribution in [-0.4, -0.2) is 24.0 Å². The monoisotopic (exact) mass is 414 g/mol. The first-order chi connectivity index (χ1) is 12.3. The van der Waals surface area contributed by atoms with Gasteiger partial charge < -0.3 is 9.66 Å². The van der Waals surface area contributed by atoms with Gasteiger partial charge in [-0.05, 0) is 32.1 Å². The fourth-order valence-corrected chi connectivity index (χ4v) is 2.35. The van der Waals surface area contributed by atoms with Crippen LogP contribution in [0.3, 0.4) is 0 Å². The molecule has 0 aromatic rings. The van der Waals surface area contributed by atoms with Crippen LogP contribution < -0.4 is 29.6 Å².